The van der Waals surface area contributed by atoms with Crippen LogP contribution < -0.4 is 5.32 Å². The quantitative estimate of drug-likeness (QED) is 0.860. The molecule has 0 bridgehead atoms. The number of amides is 1. The second kappa shape index (κ2) is 6.35. The lowest BCUT2D eigenvalue weighted by Crippen LogP contribution is -2.41. The number of benzene rings is 1. The molecule has 0 atom stereocenters. The van der Waals surface area contributed by atoms with Crippen molar-refractivity contribution < 1.29 is 14.6 Å². The molecule has 2 N–H and O–H groups in total. The van der Waals surface area contributed by atoms with Crippen LogP contribution in [0.15, 0.2) is 29.6 Å². The van der Waals surface area contributed by atoms with Crippen molar-refractivity contribution in [3.63, 3.8) is 0 Å². The zero-order valence-corrected chi connectivity index (χ0v) is 12.5. The van der Waals surface area contributed by atoms with Gasteiger partial charge < -0.3 is 15.2 Å². The second-order valence-electron chi connectivity index (χ2n) is 5.16. The van der Waals surface area contributed by atoms with Gasteiger partial charge in [-0.05, 0) is 19.9 Å². The van der Waals surface area contributed by atoms with E-state index in [0.29, 0.717) is 12.1 Å². The maximum atomic E-state index is 12.2. The van der Waals surface area contributed by atoms with Crippen LogP contribution >= 0.6 is 11.3 Å². The van der Waals surface area contributed by atoms with Gasteiger partial charge in [0, 0.05) is 22.0 Å². The predicted octanol–water partition coefficient (Wildman–Crippen LogP) is 2.42. The fourth-order valence-corrected chi connectivity index (χ4v) is 2.86. The highest BCUT2D eigenvalue weighted by atomic mass is 32.1. The van der Waals surface area contributed by atoms with Gasteiger partial charge in [0.15, 0.2) is 0 Å². The van der Waals surface area contributed by atoms with Crippen LogP contribution in [0, 0.1) is 0 Å². The Morgan fingerprint density at radius 2 is 2.15 bits per heavy atom. The Hall–Kier alpha value is -1.43. The van der Waals surface area contributed by atoms with E-state index < -0.39 is 5.60 Å². The first-order valence-corrected chi connectivity index (χ1v) is 7.41. The molecule has 108 valence electrons. The summed E-state index contributed by atoms with van der Waals surface area (Å²) < 4.78 is 6.58. The van der Waals surface area contributed by atoms with Crippen molar-refractivity contribution in [2.75, 3.05) is 19.8 Å². The number of nitrogens with one attached hydrogen (secondary N) is 1. The zero-order valence-electron chi connectivity index (χ0n) is 11.7. The molecule has 0 aliphatic rings. The Kier molecular flexibility index (Phi) is 4.75. The van der Waals surface area contributed by atoms with Crippen LogP contribution in [0.3, 0.4) is 0 Å². The number of carbonyl (C=O) groups excluding carboxylic acids is 1. The molecule has 20 heavy (non-hydrogen) atoms. The van der Waals surface area contributed by atoms with Gasteiger partial charge in [0.25, 0.3) is 5.91 Å². The van der Waals surface area contributed by atoms with E-state index in [2.05, 4.69) is 5.32 Å². The van der Waals surface area contributed by atoms with Crippen LogP contribution in [0.1, 0.15) is 24.2 Å². The average molecular weight is 293 g/mol. The highest BCUT2D eigenvalue weighted by Crippen LogP contribution is 2.25. The number of ether oxygens (including phenoxy) is 1. The minimum Gasteiger partial charge on any atom is -0.394 e. The number of fused-ring (bicyclic) bond motifs is 1. The van der Waals surface area contributed by atoms with Gasteiger partial charge in [0.05, 0.1) is 24.4 Å². The topological polar surface area (TPSA) is 58.6 Å². The number of thiophene rings is 1. The highest BCUT2D eigenvalue weighted by Gasteiger charge is 2.20. The fourth-order valence-electron chi connectivity index (χ4n) is 1.91. The van der Waals surface area contributed by atoms with Crippen molar-refractivity contribution in [3.05, 3.63) is 35.2 Å². The Morgan fingerprint density at radius 1 is 1.40 bits per heavy atom. The van der Waals surface area contributed by atoms with Crippen molar-refractivity contribution in [2.24, 2.45) is 0 Å². The summed E-state index contributed by atoms with van der Waals surface area (Å²) in [5, 5.41) is 14.5. The molecule has 0 saturated heterocycles. The minimum atomic E-state index is -0.496. The van der Waals surface area contributed by atoms with Gasteiger partial charge in [-0.25, -0.2) is 0 Å². The van der Waals surface area contributed by atoms with E-state index in [1.54, 1.807) is 11.3 Å². The molecule has 0 fully saturated rings. The third-order valence-electron chi connectivity index (χ3n) is 2.98. The maximum Gasteiger partial charge on any atom is 0.252 e. The fraction of sp³-hybridized carbons (Fsp3) is 0.400. The summed E-state index contributed by atoms with van der Waals surface area (Å²) in [5.74, 6) is -0.0943. The number of hydrogen-bond acceptors (Lipinski definition) is 4. The molecule has 0 radical (unpaired) electrons. The molecule has 5 heteroatoms. The SMILES string of the molecule is CC(C)(CNC(=O)c1csc2ccccc12)OCCO. The summed E-state index contributed by atoms with van der Waals surface area (Å²) in [6.07, 6.45) is 0. The molecule has 2 aromatic rings. The molecular formula is C15H19NO3S. The summed E-state index contributed by atoms with van der Waals surface area (Å²) in [5.41, 5.74) is 0.202. The molecule has 0 unspecified atom stereocenters. The first-order valence-electron chi connectivity index (χ1n) is 6.53. The molecule has 1 heterocycles. The molecule has 1 aromatic heterocycles. The molecule has 0 aliphatic heterocycles. The number of rotatable bonds is 6. The Labute approximate surface area is 122 Å². The minimum absolute atomic E-state index is 0.0213. The van der Waals surface area contributed by atoms with Crippen molar-refractivity contribution in [1.82, 2.24) is 5.32 Å². The standard InChI is InChI=1S/C15H19NO3S/c1-15(2,19-8-7-17)10-16-14(18)12-9-20-13-6-4-3-5-11(12)13/h3-6,9,17H,7-8,10H2,1-2H3,(H,16,18). The predicted molar refractivity (Wildman–Crippen MR) is 81.3 cm³/mol. The van der Waals surface area contributed by atoms with Crippen molar-refractivity contribution in [2.45, 2.75) is 19.4 Å². The molecule has 1 aromatic carbocycles. The van der Waals surface area contributed by atoms with Crippen LogP contribution in [0.2, 0.25) is 0 Å². The van der Waals surface area contributed by atoms with Gasteiger partial charge in [0.2, 0.25) is 0 Å². The summed E-state index contributed by atoms with van der Waals surface area (Å²) in [6, 6.07) is 7.85. The zero-order chi connectivity index (χ0) is 14.6. The summed E-state index contributed by atoms with van der Waals surface area (Å²) >= 11 is 1.56. The van der Waals surface area contributed by atoms with Crippen LogP contribution in [0.5, 0.6) is 0 Å². The molecule has 1 amide bonds. The Balaban J connectivity index is 2.02. The van der Waals surface area contributed by atoms with Crippen molar-refractivity contribution in [3.8, 4) is 0 Å². The highest BCUT2D eigenvalue weighted by molar-refractivity contribution is 7.17. The van der Waals surface area contributed by atoms with Gasteiger partial charge in [-0.3, -0.25) is 4.79 Å². The van der Waals surface area contributed by atoms with Crippen LogP contribution in [0.25, 0.3) is 10.1 Å². The summed E-state index contributed by atoms with van der Waals surface area (Å²) in [7, 11) is 0. The number of aliphatic hydroxyl groups is 1. The number of hydrogen-bond donors (Lipinski definition) is 2. The lowest BCUT2D eigenvalue weighted by Gasteiger charge is -2.25. The molecular weight excluding hydrogens is 274 g/mol. The Morgan fingerprint density at radius 3 is 2.90 bits per heavy atom. The lowest BCUT2D eigenvalue weighted by molar-refractivity contribution is -0.0306. The van der Waals surface area contributed by atoms with Crippen molar-refractivity contribution in [1.29, 1.82) is 0 Å². The molecule has 0 saturated carbocycles. The van der Waals surface area contributed by atoms with Gasteiger partial charge in [-0.2, -0.15) is 0 Å². The van der Waals surface area contributed by atoms with Crippen LogP contribution in [-0.4, -0.2) is 36.4 Å². The largest absolute Gasteiger partial charge is 0.394 e. The first-order chi connectivity index (χ1) is 9.53. The summed E-state index contributed by atoms with van der Waals surface area (Å²) in [6.45, 7) is 4.41. The van der Waals surface area contributed by atoms with E-state index >= 15 is 0 Å². The Bertz CT molecular complexity index is 592. The number of aliphatic hydroxyl groups excluding tert-OH is 1. The van der Waals surface area contributed by atoms with Crippen molar-refractivity contribution >= 4 is 27.3 Å². The summed E-state index contributed by atoms with van der Waals surface area (Å²) in [4.78, 5) is 12.2. The van der Waals surface area contributed by atoms with Gasteiger partial charge in [-0.1, -0.05) is 18.2 Å². The average Bonchev–Trinajstić information content (AvgIpc) is 2.87. The third-order valence-corrected chi connectivity index (χ3v) is 3.95. The molecule has 0 spiro atoms. The second-order valence-corrected chi connectivity index (χ2v) is 6.07. The van der Waals surface area contributed by atoms with E-state index in [0.717, 1.165) is 10.1 Å². The molecule has 0 aliphatic carbocycles. The van der Waals surface area contributed by atoms with E-state index in [-0.39, 0.29) is 19.1 Å². The van der Waals surface area contributed by atoms with Crippen LogP contribution in [0.4, 0.5) is 0 Å². The van der Waals surface area contributed by atoms with E-state index in [1.807, 2.05) is 43.5 Å². The van der Waals surface area contributed by atoms with Gasteiger partial charge in [-0.15, -0.1) is 11.3 Å². The monoisotopic (exact) mass is 293 g/mol. The molecule has 2 rings (SSSR count). The maximum absolute atomic E-state index is 12.2. The van der Waals surface area contributed by atoms with E-state index in [9.17, 15) is 4.79 Å². The van der Waals surface area contributed by atoms with E-state index in [4.69, 9.17) is 9.84 Å². The smallest absolute Gasteiger partial charge is 0.252 e. The van der Waals surface area contributed by atoms with Crippen LogP contribution in [-0.2, 0) is 4.74 Å². The van der Waals surface area contributed by atoms with Gasteiger partial charge in [0.1, 0.15) is 0 Å². The van der Waals surface area contributed by atoms with E-state index in [1.165, 1.54) is 0 Å². The third kappa shape index (κ3) is 3.56. The normalized spacial score (nSPS) is 11.8. The lowest BCUT2D eigenvalue weighted by atomic mass is 10.1. The molecule has 4 nitrogen and oxygen atoms in total. The first kappa shape index (κ1) is 15.0. The van der Waals surface area contributed by atoms with Gasteiger partial charge >= 0.3 is 0 Å². The number of carbonyl (C=O) groups is 1.